The summed E-state index contributed by atoms with van der Waals surface area (Å²) < 4.78 is 0. The number of aryl methyl sites for hydroxylation is 1. The first-order valence-corrected chi connectivity index (χ1v) is 7.38. The summed E-state index contributed by atoms with van der Waals surface area (Å²) in [6.07, 6.45) is 6.68. The van der Waals surface area contributed by atoms with Crippen molar-refractivity contribution in [2.75, 3.05) is 11.4 Å². The van der Waals surface area contributed by atoms with Crippen LogP contribution in [0.1, 0.15) is 43.2 Å². The van der Waals surface area contributed by atoms with Crippen molar-refractivity contribution in [2.24, 2.45) is 11.7 Å². The van der Waals surface area contributed by atoms with E-state index < -0.39 is 0 Å². The molecule has 3 N–H and O–H groups in total. The molecule has 0 amide bonds. The number of fused-ring (bicyclic) bond motifs is 1. The van der Waals surface area contributed by atoms with Crippen LogP contribution in [0.4, 0.5) is 5.69 Å². The Hall–Kier alpha value is -1.51. The number of nitrogens with zero attached hydrogens (tertiary/aromatic N) is 1. The first-order chi connectivity index (χ1) is 9.16. The van der Waals surface area contributed by atoms with Gasteiger partial charge in [-0.15, -0.1) is 0 Å². The zero-order chi connectivity index (χ0) is 13.4. The standard InChI is InChI=1S/C16H23N3/c1-11-7-8-15(13(10-11)16(17)18)19-9-3-5-12-4-2-6-14(12)19/h7-8,10,12,14H,2-6,9H2,1H3,(H3,17,18). The zero-order valence-corrected chi connectivity index (χ0v) is 11.7. The summed E-state index contributed by atoms with van der Waals surface area (Å²) >= 11 is 0. The van der Waals surface area contributed by atoms with Crippen LogP contribution in [0.25, 0.3) is 0 Å². The average molecular weight is 257 g/mol. The molecule has 1 aliphatic heterocycles. The van der Waals surface area contributed by atoms with Crippen LogP contribution in [0.3, 0.4) is 0 Å². The first kappa shape index (κ1) is 12.5. The molecule has 3 rings (SSSR count). The molecule has 2 atom stereocenters. The number of amidine groups is 1. The molecular weight excluding hydrogens is 234 g/mol. The highest BCUT2D eigenvalue weighted by Gasteiger charge is 2.35. The molecule has 1 aromatic rings. The van der Waals surface area contributed by atoms with Crippen LogP contribution in [-0.2, 0) is 0 Å². The van der Waals surface area contributed by atoms with Crippen LogP contribution in [-0.4, -0.2) is 18.4 Å². The SMILES string of the molecule is Cc1ccc(N2CCCC3CCCC32)c(C(=N)N)c1. The summed E-state index contributed by atoms with van der Waals surface area (Å²) in [7, 11) is 0. The molecule has 3 heteroatoms. The third-order valence-corrected chi connectivity index (χ3v) is 4.74. The van der Waals surface area contributed by atoms with Gasteiger partial charge in [-0.05, 0) is 50.7 Å². The maximum absolute atomic E-state index is 7.83. The number of rotatable bonds is 2. The molecule has 2 fully saturated rings. The fourth-order valence-electron chi connectivity index (χ4n) is 3.87. The lowest BCUT2D eigenvalue weighted by molar-refractivity contribution is 0.362. The van der Waals surface area contributed by atoms with Crippen molar-refractivity contribution >= 4 is 11.5 Å². The van der Waals surface area contributed by atoms with Crippen molar-refractivity contribution in [3.8, 4) is 0 Å². The summed E-state index contributed by atoms with van der Waals surface area (Å²) in [6.45, 7) is 3.18. The van der Waals surface area contributed by atoms with Crippen LogP contribution in [0.2, 0.25) is 0 Å². The van der Waals surface area contributed by atoms with Gasteiger partial charge >= 0.3 is 0 Å². The molecule has 0 radical (unpaired) electrons. The van der Waals surface area contributed by atoms with Gasteiger partial charge in [0.05, 0.1) is 0 Å². The van der Waals surface area contributed by atoms with E-state index in [0.29, 0.717) is 6.04 Å². The van der Waals surface area contributed by atoms with E-state index in [4.69, 9.17) is 11.1 Å². The van der Waals surface area contributed by atoms with E-state index in [1.54, 1.807) is 0 Å². The molecule has 2 aliphatic rings. The lowest BCUT2D eigenvalue weighted by Gasteiger charge is -2.40. The van der Waals surface area contributed by atoms with Crippen LogP contribution in [0.15, 0.2) is 18.2 Å². The van der Waals surface area contributed by atoms with Gasteiger partial charge < -0.3 is 10.6 Å². The molecule has 1 aromatic carbocycles. The third kappa shape index (κ3) is 2.22. The average Bonchev–Trinajstić information content (AvgIpc) is 2.86. The normalized spacial score (nSPS) is 26.3. The molecule has 102 valence electrons. The Kier molecular flexibility index (Phi) is 3.21. The molecule has 0 bridgehead atoms. The lowest BCUT2D eigenvalue weighted by Crippen LogP contribution is -2.43. The molecule has 19 heavy (non-hydrogen) atoms. The number of hydrogen-bond acceptors (Lipinski definition) is 2. The first-order valence-electron chi connectivity index (χ1n) is 7.38. The van der Waals surface area contributed by atoms with Crippen molar-refractivity contribution in [3.63, 3.8) is 0 Å². The summed E-state index contributed by atoms with van der Waals surface area (Å²) in [5.41, 5.74) is 9.04. The van der Waals surface area contributed by atoms with E-state index >= 15 is 0 Å². The highest BCUT2D eigenvalue weighted by molar-refractivity contribution is 6.00. The molecule has 1 aliphatic carbocycles. The number of nitrogen functional groups attached to an aromatic ring is 1. The Morgan fingerprint density at radius 2 is 2.05 bits per heavy atom. The highest BCUT2D eigenvalue weighted by atomic mass is 15.2. The quantitative estimate of drug-likeness (QED) is 0.632. The Bertz CT molecular complexity index is 495. The molecular formula is C16H23N3. The predicted molar refractivity (Wildman–Crippen MR) is 79.9 cm³/mol. The zero-order valence-electron chi connectivity index (χ0n) is 11.7. The van der Waals surface area contributed by atoms with Crippen molar-refractivity contribution < 1.29 is 0 Å². The van der Waals surface area contributed by atoms with E-state index in [-0.39, 0.29) is 5.84 Å². The van der Waals surface area contributed by atoms with Crippen LogP contribution in [0, 0.1) is 18.3 Å². The minimum Gasteiger partial charge on any atom is -0.384 e. The Morgan fingerprint density at radius 3 is 2.84 bits per heavy atom. The van der Waals surface area contributed by atoms with Crippen molar-refractivity contribution in [2.45, 2.75) is 45.1 Å². The number of hydrogen-bond donors (Lipinski definition) is 2. The van der Waals surface area contributed by atoms with Crippen molar-refractivity contribution in [1.29, 1.82) is 5.41 Å². The van der Waals surface area contributed by atoms with E-state index in [0.717, 1.165) is 18.0 Å². The van der Waals surface area contributed by atoms with Crippen molar-refractivity contribution in [1.82, 2.24) is 0 Å². The largest absolute Gasteiger partial charge is 0.384 e. The van der Waals surface area contributed by atoms with E-state index in [1.165, 1.54) is 43.4 Å². The number of benzene rings is 1. The third-order valence-electron chi connectivity index (χ3n) is 4.74. The number of nitrogens with two attached hydrogens (primary N) is 1. The van der Waals surface area contributed by atoms with Crippen LogP contribution < -0.4 is 10.6 Å². The second kappa shape index (κ2) is 4.87. The molecule has 1 saturated heterocycles. The highest BCUT2D eigenvalue weighted by Crippen LogP contribution is 2.40. The van der Waals surface area contributed by atoms with Gasteiger partial charge in [-0.2, -0.15) is 0 Å². The van der Waals surface area contributed by atoms with Gasteiger partial charge in [0.1, 0.15) is 5.84 Å². The van der Waals surface area contributed by atoms with Gasteiger partial charge in [-0.3, -0.25) is 5.41 Å². The summed E-state index contributed by atoms with van der Waals surface area (Å²) in [5, 5.41) is 7.83. The number of nitrogens with one attached hydrogen (secondary N) is 1. The monoisotopic (exact) mass is 257 g/mol. The summed E-state index contributed by atoms with van der Waals surface area (Å²) in [4.78, 5) is 2.53. The fourth-order valence-corrected chi connectivity index (χ4v) is 3.87. The van der Waals surface area contributed by atoms with Gasteiger partial charge in [0, 0.05) is 23.8 Å². The Balaban J connectivity index is 1.98. The predicted octanol–water partition coefficient (Wildman–Crippen LogP) is 3.05. The van der Waals surface area contributed by atoms with Gasteiger partial charge in [0.2, 0.25) is 0 Å². The Morgan fingerprint density at radius 1 is 1.26 bits per heavy atom. The number of piperidine rings is 1. The maximum Gasteiger partial charge on any atom is 0.124 e. The van der Waals surface area contributed by atoms with Crippen LogP contribution in [0.5, 0.6) is 0 Å². The van der Waals surface area contributed by atoms with Crippen molar-refractivity contribution in [3.05, 3.63) is 29.3 Å². The van der Waals surface area contributed by atoms with E-state index in [1.807, 2.05) is 0 Å². The second-order valence-electron chi connectivity index (χ2n) is 6.03. The van der Waals surface area contributed by atoms with Gasteiger partial charge in [0.15, 0.2) is 0 Å². The fraction of sp³-hybridized carbons (Fsp3) is 0.562. The van der Waals surface area contributed by atoms with Gasteiger partial charge in [-0.1, -0.05) is 18.1 Å². The maximum atomic E-state index is 7.83. The molecule has 3 nitrogen and oxygen atoms in total. The van der Waals surface area contributed by atoms with Gasteiger partial charge in [0.25, 0.3) is 0 Å². The molecule has 0 aromatic heterocycles. The lowest BCUT2D eigenvalue weighted by atomic mass is 9.90. The van der Waals surface area contributed by atoms with Crippen LogP contribution >= 0.6 is 0 Å². The minimum atomic E-state index is 0.193. The van der Waals surface area contributed by atoms with E-state index in [2.05, 4.69) is 30.0 Å². The second-order valence-corrected chi connectivity index (χ2v) is 6.03. The molecule has 1 heterocycles. The summed E-state index contributed by atoms with van der Waals surface area (Å²) in [5.74, 6) is 1.05. The minimum absolute atomic E-state index is 0.193. The number of anilines is 1. The summed E-state index contributed by atoms with van der Waals surface area (Å²) in [6, 6.07) is 7.03. The molecule has 2 unspecified atom stereocenters. The smallest absolute Gasteiger partial charge is 0.124 e. The molecule has 0 spiro atoms. The molecule has 1 saturated carbocycles. The van der Waals surface area contributed by atoms with Gasteiger partial charge in [-0.25, -0.2) is 0 Å². The van der Waals surface area contributed by atoms with E-state index in [9.17, 15) is 0 Å². The topological polar surface area (TPSA) is 53.1 Å². The Labute approximate surface area is 115 Å².